The molecule has 0 heterocycles. The van der Waals surface area contributed by atoms with E-state index in [0.717, 1.165) is 24.3 Å². The highest BCUT2D eigenvalue weighted by molar-refractivity contribution is 7.91. The minimum Gasteiger partial charge on any atom is -0.457 e. The quantitative estimate of drug-likeness (QED) is 0.716. The Kier molecular flexibility index (Phi) is 4.41. The summed E-state index contributed by atoms with van der Waals surface area (Å²) in [6.45, 7) is 0. The summed E-state index contributed by atoms with van der Waals surface area (Å²) in [6, 6.07) is 3.81. The van der Waals surface area contributed by atoms with Crippen LogP contribution in [0.5, 0.6) is 11.5 Å². The molecule has 0 aromatic heterocycles. The average molecular weight is 396 g/mol. The number of benzene rings is 2. The third-order valence-electron chi connectivity index (χ3n) is 3.82. The molecule has 0 saturated carbocycles. The van der Waals surface area contributed by atoms with Crippen LogP contribution in [-0.2, 0) is 22.7 Å². The maximum atomic E-state index is 13.8. The number of alkyl halides is 4. The van der Waals surface area contributed by atoms with Gasteiger partial charge in [-0.3, -0.25) is 0 Å². The van der Waals surface area contributed by atoms with E-state index in [-0.39, 0.29) is 17.1 Å². The first-order valence-corrected chi connectivity index (χ1v) is 8.73. The SMILES string of the molecule is O=S(=O)(c1ccc(Oc2cc(F)cc(F)c2)c2c1CC(F)(F)C2)C(F)F. The molecule has 2 aromatic carbocycles. The maximum absolute atomic E-state index is 13.8. The molecule has 0 aliphatic heterocycles. The van der Waals surface area contributed by atoms with Crippen LogP contribution in [0.2, 0.25) is 0 Å². The topological polar surface area (TPSA) is 43.4 Å². The average Bonchev–Trinajstić information content (AvgIpc) is 2.81. The molecule has 3 nitrogen and oxygen atoms in total. The highest BCUT2D eigenvalue weighted by Crippen LogP contribution is 2.44. The Labute approximate surface area is 144 Å². The van der Waals surface area contributed by atoms with Crippen molar-refractivity contribution in [3.63, 3.8) is 0 Å². The molecule has 2 aromatic rings. The Morgan fingerprint density at radius 3 is 2.12 bits per heavy atom. The van der Waals surface area contributed by atoms with Gasteiger partial charge in [0.15, 0.2) is 0 Å². The Morgan fingerprint density at radius 2 is 1.54 bits per heavy atom. The fourth-order valence-electron chi connectivity index (χ4n) is 2.79. The van der Waals surface area contributed by atoms with E-state index in [2.05, 4.69) is 0 Å². The Balaban J connectivity index is 2.11. The van der Waals surface area contributed by atoms with Gasteiger partial charge in [-0.25, -0.2) is 26.0 Å². The Morgan fingerprint density at radius 1 is 0.962 bits per heavy atom. The second-order valence-corrected chi connectivity index (χ2v) is 7.63. The van der Waals surface area contributed by atoms with Gasteiger partial charge in [-0.15, -0.1) is 0 Å². The molecule has 0 unspecified atom stereocenters. The van der Waals surface area contributed by atoms with E-state index in [1.807, 2.05) is 0 Å². The van der Waals surface area contributed by atoms with Crippen molar-refractivity contribution in [2.24, 2.45) is 0 Å². The van der Waals surface area contributed by atoms with Crippen molar-refractivity contribution in [2.45, 2.75) is 29.4 Å². The highest BCUT2D eigenvalue weighted by atomic mass is 32.2. The van der Waals surface area contributed by atoms with Gasteiger partial charge in [-0.1, -0.05) is 0 Å². The van der Waals surface area contributed by atoms with Crippen molar-refractivity contribution in [2.75, 3.05) is 0 Å². The van der Waals surface area contributed by atoms with Crippen molar-refractivity contribution < 1.29 is 39.5 Å². The molecule has 0 N–H and O–H groups in total. The summed E-state index contributed by atoms with van der Waals surface area (Å²) in [6.07, 6.45) is -2.00. The molecule has 1 aliphatic rings. The molecule has 3 rings (SSSR count). The van der Waals surface area contributed by atoms with E-state index in [1.54, 1.807) is 0 Å². The number of hydrogen-bond acceptors (Lipinski definition) is 3. The number of halogens is 6. The van der Waals surface area contributed by atoms with Crippen molar-refractivity contribution >= 4 is 9.84 Å². The summed E-state index contributed by atoms with van der Waals surface area (Å²) >= 11 is 0. The van der Waals surface area contributed by atoms with Gasteiger partial charge < -0.3 is 4.74 Å². The number of ether oxygens (including phenoxy) is 1. The minimum absolute atomic E-state index is 0.282. The second kappa shape index (κ2) is 6.19. The lowest BCUT2D eigenvalue weighted by molar-refractivity contribution is 0.0125. The number of rotatable bonds is 4. The van der Waals surface area contributed by atoms with Crippen LogP contribution in [0.4, 0.5) is 26.3 Å². The van der Waals surface area contributed by atoms with Gasteiger partial charge >= 0.3 is 5.76 Å². The molecule has 26 heavy (non-hydrogen) atoms. The molecule has 0 bridgehead atoms. The summed E-state index contributed by atoms with van der Waals surface area (Å²) in [4.78, 5) is -0.905. The van der Waals surface area contributed by atoms with E-state index in [1.165, 1.54) is 0 Å². The van der Waals surface area contributed by atoms with Gasteiger partial charge in [-0.2, -0.15) is 8.78 Å². The fraction of sp³-hybridized carbons (Fsp3) is 0.250. The monoisotopic (exact) mass is 396 g/mol. The van der Waals surface area contributed by atoms with Crippen molar-refractivity contribution in [3.8, 4) is 11.5 Å². The van der Waals surface area contributed by atoms with E-state index < -0.39 is 56.5 Å². The van der Waals surface area contributed by atoms with E-state index in [4.69, 9.17) is 4.74 Å². The summed E-state index contributed by atoms with van der Waals surface area (Å²) in [5.74, 6) is -9.70. The highest BCUT2D eigenvalue weighted by Gasteiger charge is 2.43. The lowest BCUT2D eigenvalue weighted by Crippen LogP contribution is -2.17. The first-order valence-electron chi connectivity index (χ1n) is 7.18. The zero-order chi connectivity index (χ0) is 19.3. The summed E-state index contributed by atoms with van der Waals surface area (Å²) in [5.41, 5.74) is -0.772. The minimum atomic E-state index is -5.10. The summed E-state index contributed by atoms with van der Waals surface area (Å²) in [7, 11) is -5.10. The molecule has 140 valence electrons. The van der Waals surface area contributed by atoms with Gasteiger partial charge in [0.25, 0.3) is 5.92 Å². The molecule has 0 radical (unpaired) electrons. The Bertz CT molecular complexity index is 952. The van der Waals surface area contributed by atoms with Crippen molar-refractivity contribution in [1.29, 1.82) is 0 Å². The Hall–Kier alpha value is -2.23. The van der Waals surface area contributed by atoms with Crippen molar-refractivity contribution in [3.05, 3.63) is 53.1 Å². The standard InChI is InChI=1S/C16H10F6O3S/c17-8-3-9(18)5-10(4-8)25-13-1-2-14(26(23,24)15(19)20)12-7-16(21,22)6-11(12)13/h1-5,15H,6-7H2. The van der Waals surface area contributed by atoms with Crippen LogP contribution in [0, 0.1) is 11.6 Å². The predicted molar refractivity (Wildman–Crippen MR) is 78.4 cm³/mol. The zero-order valence-corrected chi connectivity index (χ0v) is 13.6. The summed E-state index contributed by atoms with van der Waals surface area (Å²) < 4.78 is 108. The molecule has 1 aliphatic carbocycles. The third kappa shape index (κ3) is 3.37. The molecular formula is C16H10F6O3S. The summed E-state index contributed by atoms with van der Waals surface area (Å²) in [5, 5.41) is 0. The number of sulfone groups is 1. The molecule has 0 saturated heterocycles. The van der Waals surface area contributed by atoms with Gasteiger partial charge in [0.1, 0.15) is 23.1 Å². The van der Waals surface area contributed by atoms with Crippen molar-refractivity contribution in [1.82, 2.24) is 0 Å². The van der Waals surface area contributed by atoms with Gasteiger partial charge in [0.05, 0.1) is 4.90 Å². The molecule has 10 heteroatoms. The molecule has 0 fully saturated rings. The predicted octanol–water partition coefficient (Wildman–Crippen LogP) is 4.49. The zero-order valence-electron chi connectivity index (χ0n) is 12.8. The number of fused-ring (bicyclic) bond motifs is 1. The van der Waals surface area contributed by atoms with E-state index in [9.17, 15) is 34.8 Å². The third-order valence-corrected chi connectivity index (χ3v) is 5.29. The first kappa shape index (κ1) is 18.6. The lowest BCUT2D eigenvalue weighted by Gasteiger charge is -2.14. The molecule has 0 spiro atoms. The normalized spacial score (nSPS) is 16.0. The van der Waals surface area contributed by atoms with Crippen LogP contribution in [-0.4, -0.2) is 20.1 Å². The van der Waals surface area contributed by atoms with E-state index in [0.29, 0.717) is 6.07 Å². The molecule has 0 amide bonds. The van der Waals surface area contributed by atoms with Gasteiger partial charge in [-0.05, 0) is 17.7 Å². The van der Waals surface area contributed by atoms with Gasteiger partial charge in [0.2, 0.25) is 9.84 Å². The van der Waals surface area contributed by atoms with Crippen LogP contribution in [0.3, 0.4) is 0 Å². The van der Waals surface area contributed by atoms with Crippen LogP contribution < -0.4 is 4.74 Å². The van der Waals surface area contributed by atoms with Crippen LogP contribution >= 0.6 is 0 Å². The van der Waals surface area contributed by atoms with E-state index >= 15 is 0 Å². The maximum Gasteiger partial charge on any atom is 0.341 e. The molecule has 0 atom stereocenters. The van der Waals surface area contributed by atoms with Gasteiger partial charge in [0, 0.05) is 36.6 Å². The fourth-order valence-corrected chi connectivity index (χ4v) is 3.78. The molecular weight excluding hydrogens is 386 g/mol. The van der Waals surface area contributed by atoms with Crippen LogP contribution in [0.25, 0.3) is 0 Å². The van der Waals surface area contributed by atoms with Crippen LogP contribution in [0.15, 0.2) is 35.2 Å². The first-order chi connectivity index (χ1) is 12.0. The number of hydrogen-bond donors (Lipinski definition) is 0. The smallest absolute Gasteiger partial charge is 0.341 e. The van der Waals surface area contributed by atoms with Crippen LogP contribution in [0.1, 0.15) is 11.1 Å². The largest absolute Gasteiger partial charge is 0.457 e. The lowest BCUT2D eigenvalue weighted by atomic mass is 10.1. The second-order valence-electron chi connectivity index (χ2n) is 5.74.